The number of nitrogens with one attached hydrogen (secondary N) is 1. The average Bonchev–Trinajstić information content (AvgIpc) is 2.28. The first-order valence-electron chi connectivity index (χ1n) is 5.29. The molecule has 0 aliphatic rings. The van der Waals surface area contributed by atoms with Crippen molar-refractivity contribution in [1.29, 1.82) is 0 Å². The van der Waals surface area contributed by atoms with Crippen molar-refractivity contribution >= 4 is 39.6 Å². The number of aromatic carboxylic acids is 1. The molecule has 1 aromatic carbocycles. The van der Waals surface area contributed by atoms with Crippen LogP contribution in [0.3, 0.4) is 0 Å². The number of carboxylic acids is 1. The van der Waals surface area contributed by atoms with E-state index in [-0.39, 0.29) is 54.1 Å². The van der Waals surface area contributed by atoms with Gasteiger partial charge in [-0.05, 0) is 41.2 Å². The van der Waals surface area contributed by atoms with Gasteiger partial charge in [-0.15, -0.1) is 0 Å². The molecule has 0 saturated carbocycles. The maximum absolute atomic E-state index is 12.1. The Bertz CT molecular complexity index is 476. The van der Waals surface area contributed by atoms with Crippen LogP contribution in [-0.2, 0) is 0 Å². The van der Waals surface area contributed by atoms with Gasteiger partial charge in [-0.1, -0.05) is 6.07 Å². The van der Waals surface area contributed by atoms with Crippen LogP contribution in [0.25, 0.3) is 0 Å². The first-order valence-corrected chi connectivity index (χ1v) is 7.47. The zero-order valence-corrected chi connectivity index (χ0v) is 15.5. The first-order chi connectivity index (χ1) is 8.47. The summed E-state index contributed by atoms with van der Waals surface area (Å²) in [6.45, 7) is 1.88. The number of carbonyl (C=O) groups excluding carboxylic acids is 1. The van der Waals surface area contributed by atoms with E-state index in [1.807, 2.05) is 13.2 Å². The second-order valence-electron chi connectivity index (χ2n) is 3.80. The fourth-order valence-corrected chi connectivity index (χ4v) is 2.65. The quantitative estimate of drug-likeness (QED) is 0.714. The predicted octanol–water partition coefficient (Wildman–Crippen LogP) is -0.255. The molecule has 0 heterocycles. The van der Waals surface area contributed by atoms with Gasteiger partial charge in [0.25, 0.3) is 5.91 Å². The Kier molecular flexibility index (Phi) is 9.02. The van der Waals surface area contributed by atoms with E-state index in [9.17, 15) is 9.59 Å². The fraction of sp³-hybridized carbons (Fsp3) is 0.333. The Morgan fingerprint density at radius 2 is 2.16 bits per heavy atom. The van der Waals surface area contributed by atoms with Crippen LogP contribution in [0.2, 0.25) is 0 Å². The van der Waals surface area contributed by atoms with E-state index >= 15 is 0 Å². The van der Waals surface area contributed by atoms with Gasteiger partial charge in [-0.3, -0.25) is 4.79 Å². The summed E-state index contributed by atoms with van der Waals surface area (Å²) in [5.74, 6) is -0.709. The van der Waals surface area contributed by atoms with E-state index in [1.54, 1.807) is 23.9 Å². The molecule has 0 radical (unpaired) electrons. The number of hydrogen-bond donors (Lipinski definition) is 2. The number of amides is 1. The molecule has 1 aromatic rings. The van der Waals surface area contributed by atoms with Crippen molar-refractivity contribution in [2.24, 2.45) is 0 Å². The van der Waals surface area contributed by atoms with Crippen LogP contribution in [0, 0.1) is 0 Å². The minimum absolute atomic E-state index is 0. The zero-order chi connectivity index (χ0) is 13.7. The molecule has 19 heavy (non-hydrogen) atoms. The summed E-state index contributed by atoms with van der Waals surface area (Å²) in [5.41, 5.74) is 0.163. The van der Waals surface area contributed by atoms with E-state index in [1.165, 1.54) is 6.07 Å². The molecule has 0 aromatic heterocycles. The number of thioether (sulfide) groups is 1. The maximum atomic E-state index is 12.1. The third-order valence-corrected chi connectivity index (χ3v) is 3.76. The van der Waals surface area contributed by atoms with E-state index in [4.69, 9.17) is 5.11 Å². The molecule has 0 aliphatic carbocycles. The van der Waals surface area contributed by atoms with Crippen LogP contribution >= 0.6 is 27.7 Å². The summed E-state index contributed by atoms with van der Waals surface area (Å²) in [6.07, 6.45) is 1.95. The molecule has 0 spiro atoms. The number of carboxylic acid groups (broad SMARTS) is 1. The van der Waals surface area contributed by atoms with Crippen molar-refractivity contribution in [1.82, 2.24) is 5.32 Å². The Labute approximate surface area is 148 Å². The van der Waals surface area contributed by atoms with Gasteiger partial charge in [-0.2, -0.15) is 11.8 Å². The maximum Gasteiger partial charge on any atom is 1.00 e. The van der Waals surface area contributed by atoms with E-state index in [0.717, 1.165) is 5.75 Å². The molecule has 1 amide bonds. The van der Waals surface area contributed by atoms with Crippen LogP contribution in [0.5, 0.6) is 0 Å². The Balaban J connectivity index is 0. The van der Waals surface area contributed by atoms with Crippen LogP contribution in [0.1, 0.15) is 29.1 Å². The number of carbonyl (C=O) groups is 2. The van der Waals surface area contributed by atoms with Crippen molar-refractivity contribution in [3.63, 3.8) is 0 Å². The topological polar surface area (TPSA) is 66.4 Å². The normalized spacial score (nSPS) is 11.3. The summed E-state index contributed by atoms with van der Waals surface area (Å²) < 4.78 is 0.483. The minimum atomic E-state index is -1.11. The van der Waals surface area contributed by atoms with Crippen LogP contribution in [0.15, 0.2) is 22.7 Å². The van der Waals surface area contributed by atoms with Crippen molar-refractivity contribution in [3.05, 3.63) is 33.8 Å². The van der Waals surface area contributed by atoms with Crippen molar-refractivity contribution in [2.45, 2.75) is 13.0 Å². The van der Waals surface area contributed by atoms with Crippen molar-refractivity contribution in [2.75, 3.05) is 12.0 Å². The molecule has 0 bridgehead atoms. The average molecular weight is 356 g/mol. The molecule has 7 heteroatoms. The van der Waals surface area contributed by atoms with E-state index in [0.29, 0.717) is 4.47 Å². The zero-order valence-electron chi connectivity index (χ0n) is 12.1. The van der Waals surface area contributed by atoms with Crippen LogP contribution in [0.4, 0.5) is 0 Å². The van der Waals surface area contributed by atoms with Gasteiger partial charge in [0.15, 0.2) is 0 Å². The summed E-state index contributed by atoms with van der Waals surface area (Å²) >= 11 is 4.83. The monoisotopic (exact) mass is 355 g/mol. The number of benzene rings is 1. The van der Waals surface area contributed by atoms with Gasteiger partial charge in [0, 0.05) is 16.3 Å². The summed E-state index contributed by atoms with van der Waals surface area (Å²) in [6, 6.07) is 4.65. The van der Waals surface area contributed by atoms with Gasteiger partial charge in [0.2, 0.25) is 0 Å². The molecule has 0 aliphatic heterocycles. The second kappa shape index (κ2) is 9.02. The minimum Gasteiger partial charge on any atom is -1.00 e. The number of hydrogen-bond acceptors (Lipinski definition) is 3. The van der Waals surface area contributed by atoms with Crippen molar-refractivity contribution < 1.29 is 45.7 Å². The van der Waals surface area contributed by atoms with Gasteiger partial charge in [0.1, 0.15) is 0 Å². The third-order valence-electron chi connectivity index (χ3n) is 2.27. The molecule has 100 valence electrons. The molecular weight excluding hydrogens is 341 g/mol. The molecule has 1 rings (SSSR count). The third kappa shape index (κ3) is 5.47. The van der Waals surface area contributed by atoms with Crippen molar-refractivity contribution in [3.8, 4) is 0 Å². The predicted molar refractivity (Wildman–Crippen MR) is 77.5 cm³/mol. The van der Waals surface area contributed by atoms with Gasteiger partial charge >= 0.3 is 35.5 Å². The van der Waals surface area contributed by atoms with E-state index in [2.05, 4.69) is 21.2 Å². The molecule has 0 fully saturated rings. The summed E-state index contributed by atoms with van der Waals surface area (Å²) in [7, 11) is 0. The largest absolute Gasteiger partial charge is 1.00 e. The molecule has 4 nitrogen and oxygen atoms in total. The Morgan fingerprint density at radius 3 is 2.68 bits per heavy atom. The molecule has 0 saturated heterocycles. The molecule has 1 atom stereocenters. The van der Waals surface area contributed by atoms with Gasteiger partial charge in [0.05, 0.1) is 11.1 Å². The van der Waals surface area contributed by atoms with Crippen LogP contribution in [-0.4, -0.2) is 35.0 Å². The molecule has 2 N–H and O–H groups in total. The Hall–Kier alpha value is -0.0100. The van der Waals surface area contributed by atoms with Gasteiger partial charge < -0.3 is 11.8 Å². The standard InChI is InChI=1S/C12H14BrNO3S.Na.H/c1-7(6-18-2)14-11(15)10-8(12(16)17)4-3-5-9(10)13;;/h3-5,7H,6H2,1-2H3,(H,14,15)(H,16,17);;/q;+1;-1/t7-;;/m0../s1. The Morgan fingerprint density at radius 1 is 1.53 bits per heavy atom. The SMILES string of the molecule is CSC[C@H](C)NC(=O)c1c(Br)cccc1C(=O)O.[H-].[Na+]. The summed E-state index contributed by atoms with van der Waals surface area (Å²) in [4.78, 5) is 23.1. The summed E-state index contributed by atoms with van der Waals surface area (Å²) in [5, 5.41) is 11.9. The smallest absolute Gasteiger partial charge is 1.00 e. The first kappa shape index (κ1) is 19.0. The molecular formula is C12H15BrNNaO3S. The second-order valence-corrected chi connectivity index (χ2v) is 5.56. The molecule has 0 unspecified atom stereocenters. The fourth-order valence-electron chi connectivity index (χ4n) is 1.52. The number of halogens is 1. The van der Waals surface area contributed by atoms with Crippen LogP contribution < -0.4 is 34.9 Å². The van der Waals surface area contributed by atoms with E-state index < -0.39 is 5.97 Å². The van der Waals surface area contributed by atoms with Gasteiger partial charge in [-0.25, -0.2) is 4.79 Å². The number of rotatable bonds is 5.